The normalized spacial score (nSPS) is 10.5. The summed E-state index contributed by atoms with van der Waals surface area (Å²) in [7, 11) is 0. The maximum atomic E-state index is 12.2. The SMILES string of the molecule is C=CCNC(=O)c1c(CCC)nc2ccccn12. The Morgan fingerprint density at radius 2 is 2.39 bits per heavy atom. The first-order valence-corrected chi connectivity index (χ1v) is 6.13. The molecule has 0 atom stereocenters. The highest BCUT2D eigenvalue weighted by molar-refractivity contribution is 5.94. The van der Waals surface area contributed by atoms with Gasteiger partial charge in [0.15, 0.2) is 0 Å². The van der Waals surface area contributed by atoms with Crippen molar-refractivity contribution in [2.24, 2.45) is 0 Å². The molecule has 0 aliphatic rings. The molecule has 0 bridgehead atoms. The van der Waals surface area contributed by atoms with Crippen LogP contribution in [0.3, 0.4) is 0 Å². The van der Waals surface area contributed by atoms with E-state index in [0.29, 0.717) is 12.2 Å². The number of hydrogen-bond donors (Lipinski definition) is 1. The Balaban J connectivity index is 2.47. The first-order chi connectivity index (χ1) is 8.77. The van der Waals surface area contributed by atoms with Crippen LogP contribution in [0.2, 0.25) is 0 Å². The molecule has 0 fully saturated rings. The molecule has 0 saturated heterocycles. The highest BCUT2D eigenvalue weighted by atomic mass is 16.1. The van der Waals surface area contributed by atoms with Crippen LogP contribution >= 0.6 is 0 Å². The second kappa shape index (κ2) is 5.49. The zero-order chi connectivity index (χ0) is 13.0. The van der Waals surface area contributed by atoms with Gasteiger partial charge in [-0.25, -0.2) is 4.98 Å². The highest BCUT2D eigenvalue weighted by Gasteiger charge is 2.17. The van der Waals surface area contributed by atoms with Crippen LogP contribution in [0.15, 0.2) is 37.1 Å². The minimum Gasteiger partial charge on any atom is -0.347 e. The number of rotatable bonds is 5. The largest absolute Gasteiger partial charge is 0.347 e. The topological polar surface area (TPSA) is 46.4 Å². The van der Waals surface area contributed by atoms with E-state index in [1.54, 1.807) is 6.08 Å². The number of carbonyl (C=O) groups excluding carboxylic acids is 1. The predicted octanol–water partition coefficient (Wildman–Crippen LogP) is 2.20. The minimum absolute atomic E-state index is 0.1000. The third-order valence-corrected chi connectivity index (χ3v) is 2.71. The molecule has 18 heavy (non-hydrogen) atoms. The molecule has 2 rings (SSSR count). The first-order valence-electron chi connectivity index (χ1n) is 6.13. The van der Waals surface area contributed by atoms with E-state index in [2.05, 4.69) is 23.8 Å². The van der Waals surface area contributed by atoms with Crippen molar-refractivity contribution in [2.45, 2.75) is 19.8 Å². The summed E-state index contributed by atoms with van der Waals surface area (Å²) in [6, 6.07) is 5.72. The van der Waals surface area contributed by atoms with Crippen molar-refractivity contribution in [1.82, 2.24) is 14.7 Å². The number of aromatic nitrogens is 2. The van der Waals surface area contributed by atoms with Crippen LogP contribution in [0.4, 0.5) is 0 Å². The zero-order valence-corrected chi connectivity index (χ0v) is 10.5. The van der Waals surface area contributed by atoms with Crippen molar-refractivity contribution in [3.8, 4) is 0 Å². The lowest BCUT2D eigenvalue weighted by Gasteiger charge is -2.04. The molecule has 4 heteroatoms. The van der Waals surface area contributed by atoms with Crippen molar-refractivity contribution >= 4 is 11.6 Å². The minimum atomic E-state index is -0.1000. The van der Waals surface area contributed by atoms with Crippen LogP contribution in [-0.2, 0) is 6.42 Å². The number of imidazole rings is 1. The summed E-state index contributed by atoms with van der Waals surface area (Å²) in [6.07, 6.45) is 5.30. The molecule has 0 aliphatic heterocycles. The molecular weight excluding hydrogens is 226 g/mol. The third-order valence-electron chi connectivity index (χ3n) is 2.71. The summed E-state index contributed by atoms with van der Waals surface area (Å²) >= 11 is 0. The molecule has 0 saturated carbocycles. The summed E-state index contributed by atoms with van der Waals surface area (Å²) in [4.78, 5) is 16.7. The van der Waals surface area contributed by atoms with E-state index in [0.717, 1.165) is 24.2 Å². The van der Waals surface area contributed by atoms with Gasteiger partial charge in [-0.05, 0) is 18.6 Å². The van der Waals surface area contributed by atoms with Crippen molar-refractivity contribution < 1.29 is 4.79 Å². The average Bonchev–Trinajstić information content (AvgIpc) is 2.74. The molecule has 1 amide bonds. The van der Waals surface area contributed by atoms with E-state index < -0.39 is 0 Å². The molecule has 1 N–H and O–H groups in total. The van der Waals surface area contributed by atoms with Gasteiger partial charge >= 0.3 is 0 Å². The summed E-state index contributed by atoms with van der Waals surface area (Å²) in [5.74, 6) is -0.1000. The molecule has 94 valence electrons. The van der Waals surface area contributed by atoms with Crippen molar-refractivity contribution in [3.05, 3.63) is 48.4 Å². The maximum absolute atomic E-state index is 12.2. The fraction of sp³-hybridized carbons (Fsp3) is 0.286. The summed E-state index contributed by atoms with van der Waals surface area (Å²) in [5.41, 5.74) is 2.30. The van der Waals surface area contributed by atoms with E-state index in [4.69, 9.17) is 0 Å². The monoisotopic (exact) mass is 243 g/mol. The van der Waals surface area contributed by atoms with Crippen molar-refractivity contribution in [2.75, 3.05) is 6.54 Å². The summed E-state index contributed by atoms with van der Waals surface area (Å²) in [6.45, 7) is 6.14. The van der Waals surface area contributed by atoms with E-state index in [-0.39, 0.29) is 5.91 Å². The standard InChI is InChI=1S/C14H17N3O/c1-3-7-11-13(14(18)15-9-4-2)17-10-6-5-8-12(17)16-11/h4-6,8,10H,2-3,7,9H2,1H3,(H,15,18). The molecule has 0 unspecified atom stereocenters. The van der Waals surface area contributed by atoms with E-state index >= 15 is 0 Å². The van der Waals surface area contributed by atoms with Gasteiger partial charge in [0.2, 0.25) is 0 Å². The van der Waals surface area contributed by atoms with Crippen LogP contribution < -0.4 is 5.32 Å². The molecule has 0 aliphatic carbocycles. The van der Waals surface area contributed by atoms with Gasteiger partial charge in [-0.2, -0.15) is 0 Å². The number of nitrogens with one attached hydrogen (secondary N) is 1. The zero-order valence-electron chi connectivity index (χ0n) is 10.5. The molecule has 4 nitrogen and oxygen atoms in total. The Bertz CT molecular complexity index is 571. The molecule has 2 heterocycles. The highest BCUT2D eigenvalue weighted by Crippen LogP contribution is 2.14. The van der Waals surface area contributed by atoms with Gasteiger partial charge in [0, 0.05) is 12.7 Å². The lowest BCUT2D eigenvalue weighted by Crippen LogP contribution is -2.25. The van der Waals surface area contributed by atoms with Gasteiger partial charge in [-0.3, -0.25) is 9.20 Å². The number of amides is 1. The second-order valence-electron chi connectivity index (χ2n) is 4.08. The number of fused-ring (bicyclic) bond motifs is 1. The van der Waals surface area contributed by atoms with Gasteiger partial charge in [-0.15, -0.1) is 6.58 Å². The molecular formula is C14H17N3O. The van der Waals surface area contributed by atoms with Gasteiger partial charge in [0.25, 0.3) is 5.91 Å². The first kappa shape index (κ1) is 12.4. The second-order valence-corrected chi connectivity index (χ2v) is 4.08. The average molecular weight is 243 g/mol. The molecule has 0 spiro atoms. The van der Waals surface area contributed by atoms with Crippen LogP contribution in [0.1, 0.15) is 29.5 Å². The Morgan fingerprint density at radius 3 is 3.11 bits per heavy atom. The fourth-order valence-corrected chi connectivity index (χ4v) is 1.94. The number of carbonyl (C=O) groups is 1. The lowest BCUT2D eigenvalue weighted by molar-refractivity contribution is 0.0951. The van der Waals surface area contributed by atoms with E-state index in [1.165, 1.54) is 0 Å². The quantitative estimate of drug-likeness (QED) is 0.818. The fourth-order valence-electron chi connectivity index (χ4n) is 1.94. The summed E-state index contributed by atoms with van der Waals surface area (Å²) < 4.78 is 1.84. The molecule has 0 aromatic carbocycles. The predicted molar refractivity (Wildman–Crippen MR) is 71.7 cm³/mol. The molecule has 2 aromatic heterocycles. The van der Waals surface area contributed by atoms with Crippen LogP contribution in [0.5, 0.6) is 0 Å². The maximum Gasteiger partial charge on any atom is 0.270 e. The van der Waals surface area contributed by atoms with Gasteiger partial charge in [0.1, 0.15) is 11.3 Å². The van der Waals surface area contributed by atoms with Gasteiger partial charge in [-0.1, -0.05) is 25.5 Å². The Labute approximate surface area is 106 Å². The van der Waals surface area contributed by atoms with E-state index in [1.807, 2.05) is 28.8 Å². The Morgan fingerprint density at radius 1 is 1.56 bits per heavy atom. The van der Waals surface area contributed by atoms with Gasteiger partial charge < -0.3 is 5.32 Å². The Kier molecular flexibility index (Phi) is 3.77. The number of pyridine rings is 1. The third kappa shape index (κ3) is 2.27. The van der Waals surface area contributed by atoms with Crippen molar-refractivity contribution in [3.63, 3.8) is 0 Å². The lowest BCUT2D eigenvalue weighted by atomic mass is 10.2. The number of nitrogens with zero attached hydrogens (tertiary/aromatic N) is 2. The smallest absolute Gasteiger partial charge is 0.270 e. The van der Waals surface area contributed by atoms with Gasteiger partial charge in [0.05, 0.1) is 5.69 Å². The van der Waals surface area contributed by atoms with Crippen molar-refractivity contribution in [1.29, 1.82) is 0 Å². The Hall–Kier alpha value is -2.10. The summed E-state index contributed by atoms with van der Waals surface area (Å²) in [5, 5.41) is 2.81. The van der Waals surface area contributed by atoms with Crippen LogP contribution in [-0.4, -0.2) is 21.8 Å². The van der Waals surface area contributed by atoms with Crippen LogP contribution in [0.25, 0.3) is 5.65 Å². The molecule has 0 radical (unpaired) electrons. The number of aryl methyl sites for hydroxylation is 1. The van der Waals surface area contributed by atoms with Crippen LogP contribution in [0, 0.1) is 0 Å². The molecule has 2 aromatic rings. The number of hydrogen-bond acceptors (Lipinski definition) is 2. The van der Waals surface area contributed by atoms with E-state index in [9.17, 15) is 4.79 Å².